The number of carbonyl (C=O) groups excluding carboxylic acids is 1. The number of hydrogen-bond acceptors (Lipinski definition) is 5. The third-order valence-electron chi connectivity index (χ3n) is 4.29. The van der Waals surface area contributed by atoms with Gasteiger partial charge in [0.25, 0.3) is 0 Å². The smallest absolute Gasteiger partial charge is 0.235 e. The Labute approximate surface area is 167 Å². The quantitative estimate of drug-likeness (QED) is 0.605. The van der Waals surface area contributed by atoms with Gasteiger partial charge in [-0.05, 0) is 31.9 Å². The summed E-state index contributed by atoms with van der Waals surface area (Å²) in [5.41, 5.74) is 3.63. The lowest BCUT2D eigenvalue weighted by molar-refractivity contribution is -0.113. The fourth-order valence-corrected chi connectivity index (χ4v) is 4.63. The Morgan fingerprint density at radius 1 is 1.33 bits per heavy atom. The summed E-state index contributed by atoms with van der Waals surface area (Å²) in [5, 5.41) is 13.6. The Morgan fingerprint density at radius 3 is 2.74 bits per heavy atom. The predicted octanol–water partition coefficient (Wildman–Crippen LogP) is 4.85. The lowest BCUT2D eigenvalue weighted by atomic mass is 10.2. The van der Waals surface area contributed by atoms with E-state index in [4.69, 9.17) is 0 Å². The molecule has 1 amide bonds. The van der Waals surface area contributed by atoms with Gasteiger partial charge in [-0.3, -0.25) is 4.79 Å². The van der Waals surface area contributed by atoms with Crippen molar-refractivity contribution >= 4 is 34.0 Å². The Bertz CT molecular complexity index is 999. The number of amides is 1. The number of benzene rings is 1. The minimum absolute atomic E-state index is 0.135. The average molecular weight is 397 g/mol. The molecule has 0 spiro atoms. The van der Waals surface area contributed by atoms with E-state index in [1.54, 1.807) is 0 Å². The first-order chi connectivity index (χ1) is 13.0. The molecule has 0 radical (unpaired) electrons. The Balaban J connectivity index is 1.70. The summed E-state index contributed by atoms with van der Waals surface area (Å²) in [5.74, 6) is 0.108. The molecule has 1 N–H and O–H groups in total. The second kappa shape index (κ2) is 8.42. The highest BCUT2D eigenvalue weighted by atomic mass is 32.2. The van der Waals surface area contributed by atoms with Crippen LogP contribution in [0, 0.1) is 25.2 Å². The van der Waals surface area contributed by atoms with E-state index in [1.165, 1.54) is 23.1 Å². The fraction of sp³-hybridized carbons (Fsp3) is 0.250. The molecule has 0 saturated carbocycles. The molecule has 0 aliphatic carbocycles. The zero-order chi connectivity index (χ0) is 19.4. The lowest BCUT2D eigenvalue weighted by Gasteiger charge is -2.09. The second-order valence-corrected chi connectivity index (χ2v) is 8.14. The van der Waals surface area contributed by atoms with Gasteiger partial charge in [-0.15, -0.1) is 11.3 Å². The van der Waals surface area contributed by atoms with Crippen molar-refractivity contribution in [3.63, 3.8) is 0 Å². The highest BCUT2D eigenvalue weighted by Gasteiger charge is 2.16. The molecule has 3 aromatic rings. The minimum Gasteiger partial charge on any atom is -0.319 e. The van der Waals surface area contributed by atoms with Crippen LogP contribution in [-0.2, 0) is 11.3 Å². The molecule has 27 heavy (non-hydrogen) atoms. The fourth-order valence-electron chi connectivity index (χ4n) is 2.76. The van der Waals surface area contributed by atoms with Crippen LogP contribution in [0.3, 0.4) is 0 Å². The van der Waals surface area contributed by atoms with Crippen LogP contribution in [0.5, 0.6) is 0 Å². The maximum Gasteiger partial charge on any atom is 0.235 e. The van der Waals surface area contributed by atoms with E-state index >= 15 is 0 Å². The van der Waals surface area contributed by atoms with Gasteiger partial charge in [0.2, 0.25) is 5.91 Å². The van der Waals surface area contributed by atoms with E-state index in [2.05, 4.69) is 40.0 Å². The topological polar surface area (TPSA) is 70.7 Å². The van der Waals surface area contributed by atoms with E-state index in [0.29, 0.717) is 10.6 Å². The standard InChI is InChI=1S/C20H20N4OS2/c1-4-24-17(15-8-6-5-7-9-15)11-22-20(24)26-12-18(25)23-19-16(10-21)13(2)14(3)27-19/h5-9,11H,4,12H2,1-3H3,(H,23,25). The van der Waals surface area contributed by atoms with Crippen molar-refractivity contribution in [3.8, 4) is 17.3 Å². The van der Waals surface area contributed by atoms with Crippen LogP contribution in [0.15, 0.2) is 41.7 Å². The highest BCUT2D eigenvalue weighted by Crippen LogP contribution is 2.32. The predicted molar refractivity (Wildman–Crippen MR) is 111 cm³/mol. The number of nitriles is 1. The number of rotatable bonds is 6. The number of nitrogens with zero attached hydrogens (tertiary/aromatic N) is 3. The van der Waals surface area contributed by atoms with Crippen LogP contribution < -0.4 is 5.32 Å². The van der Waals surface area contributed by atoms with Gasteiger partial charge in [-0.25, -0.2) is 4.98 Å². The molecule has 0 unspecified atom stereocenters. The van der Waals surface area contributed by atoms with Crippen molar-refractivity contribution in [1.29, 1.82) is 5.26 Å². The number of carbonyl (C=O) groups is 1. The van der Waals surface area contributed by atoms with E-state index < -0.39 is 0 Å². The molecule has 0 atom stereocenters. The number of thiophene rings is 1. The van der Waals surface area contributed by atoms with Crippen molar-refractivity contribution in [2.45, 2.75) is 32.5 Å². The number of aryl methyl sites for hydroxylation is 1. The molecule has 0 aliphatic rings. The summed E-state index contributed by atoms with van der Waals surface area (Å²) < 4.78 is 2.10. The maximum absolute atomic E-state index is 12.4. The van der Waals surface area contributed by atoms with Gasteiger partial charge in [0.1, 0.15) is 11.1 Å². The van der Waals surface area contributed by atoms with Crippen LogP contribution in [0.4, 0.5) is 5.00 Å². The van der Waals surface area contributed by atoms with Gasteiger partial charge < -0.3 is 9.88 Å². The molecule has 0 saturated heterocycles. The van der Waals surface area contributed by atoms with Crippen molar-refractivity contribution in [1.82, 2.24) is 9.55 Å². The molecule has 0 bridgehead atoms. The normalized spacial score (nSPS) is 10.6. The number of anilines is 1. The monoisotopic (exact) mass is 396 g/mol. The Kier molecular flexibility index (Phi) is 5.99. The molecular weight excluding hydrogens is 376 g/mol. The molecular formula is C20H20N4OS2. The summed E-state index contributed by atoms with van der Waals surface area (Å²) >= 11 is 2.84. The SMILES string of the molecule is CCn1c(-c2ccccc2)cnc1SCC(=O)Nc1sc(C)c(C)c1C#N. The molecule has 3 rings (SSSR count). The number of nitrogens with one attached hydrogen (secondary N) is 1. The maximum atomic E-state index is 12.4. The third kappa shape index (κ3) is 4.07. The highest BCUT2D eigenvalue weighted by molar-refractivity contribution is 7.99. The van der Waals surface area contributed by atoms with Crippen molar-refractivity contribution in [2.75, 3.05) is 11.1 Å². The molecule has 138 valence electrons. The Hall–Kier alpha value is -2.56. The first kappa shape index (κ1) is 19.2. The van der Waals surface area contributed by atoms with Crippen molar-refractivity contribution < 1.29 is 4.79 Å². The van der Waals surface area contributed by atoms with Crippen molar-refractivity contribution in [3.05, 3.63) is 52.5 Å². The largest absolute Gasteiger partial charge is 0.319 e. The summed E-state index contributed by atoms with van der Waals surface area (Å²) in [6, 6.07) is 12.3. The van der Waals surface area contributed by atoms with Crippen LogP contribution >= 0.6 is 23.1 Å². The summed E-state index contributed by atoms with van der Waals surface area (Å²) in [4.78, 5) is 17.9. The summed E-state index contributed by atoms with van der Waals surface area (Å²) in [6.07, 6.45) is 1.85. The molecule has 0 aliphatic heterocycles. The van der Waals surface area contributed by atoms with Gasteiger partial charge in [0.05, 0.1) is 23.2 Å². The molecule has 7 heteroatoms. The first-order valence-electron chi connectivity index (χ1n) is 8.58. The van der Waals surface area contributed by atoms with E-state index in [-0.39, 0.29) is 11.7 Å². The summed E-state index contributed by atoms with van der Waals surface area (Å²) in [6.45, 7) is 6.69. The first-order valence-corrected chi connectivity index (χ1v) is 10.4. The molecule has 5 nitrogen and oxygen atoms in total. The average Bonchev–Trinajstić information content (AvgIpc) is 3.21. The van der Waals surface area contributed by atoms with Crippen LogP contribution in [0.1, 0.15) is 22.9 Å². The number of hydrogen-bond donors (Lipinski definition) is 1. The van der Waals surface area contributed by atoms with Gasteiger partial charge >= 0.3 is 0 Å². The molecule has 2 aromatic heterocycles. The van der Waals surface area contributed by atoms with E-state index in [0.717, 1.165) is 33.4 Å². The lowest BCUT2D eigenvalue weighted by Crippen LogP contribution is -2.14. The zero-order valence-corrected chi connectivity index (χ0v) is 17.1. The second-order valence-electron chi connectivity index (χ2n) is 5.97. The van der Waals surface area contributed by atoms with Gasteiger partial charge in [0.15, 0.2) is 5.16 Å². The van der Waals surface area contributed by atoms with E-state index in [9.17, 15) is 10.1 Å². The van der Waals surface area contributed by atoms with Crippen LogP contribution in [0.25, 0.3) is 11.3 Å². The number of thioether (sulfide) groups is 1. The van der Waals surface area contributed by atoms with Gasteiger partial charge in [-0.2, -0.15) is 5.26 Å². The number of imidazole rings is 1. The number of aromatic nitrogens is 2. The van der Waals surface area contributed by atoms with Crippen molar-refractivity contribution in [2.24, 2.45) is 0 Å². The third-order valence-corrected chi connectivity index (χ3v) is 6.40. The van der Waals surface area contributed by atoms with E-state index in [1.807, 2.05) is 38.2 Å². The van der Waals surface area contributed by atoms with Crippen LogP contribution in [-0.4, -0.2) is 21.2 Å². The minimum atomic E-state index is -0.135. The van der Waals surface area contributed by atoms with Gasteiger partial charge in [0, 0.05) is 11.4 Å². The molecule has 0 fully saturated rings. The van der Waals surface area contributed by atoms with Gasteiger partial charge in [-0.1, -0.05) is 42.1 Å². The van der Waals surface area contributed by atoms with Crippen LogP contribution in [0.2, 0.25) is 0 Å². The summed E-state index contributed by atoms with van der Waals surface area (Å²) in [7, 11) is 0. The molecule has 2 heterocycles. The molecule has 1 aromatic carbocycles. The Morgan fingerprint density at radius 2 is 2.07 bits per heavy atom. The zero-order valence-electron chi connectivity index (χ0n) is 15.4.